The lowest BCUT2D eigenvalue weighted by molar-refractivity contribution is -0.121. The van der Waals surface area contributed by atoms with Crippen LogP contribution in [0.25, 0.3) is 0 Å². The van der Waals surface area contributed by atoms with Crippen LogP contribution < -0.4 is 5.32 Å². The molecule has 0 atom stereocenters. The van der Waals surface area contributed by atoms with Crippen LogP contribution in [0, 0.1) is 0 Å². The lowest BCUT2D eigenvalue weighted by Crippen LogP contribution is -2.27. The smallest absolute Gasteiger partial charge is 0.220 e. The number of nitrogens with one attached hydrogen (secondary N) is 1. The number of rotatable bonds is 28. The van der Waals surface area contributed by atoms with Gasteiger partial charge in [0.15, 0.2) is 0 Å². The maximum absolute atomic E-state index is 11.9. The molecule has 0 aliphatic rings. The molecule has 6 nitrogen and oxygen atoms in total. The fraction of sp³-hybridized carbons (Fsp3) is 0.929. The minimum absolute atomic E-state index is 0.122. The minimum atomic E-state index is 0.122. The van der Waals surface area contributed by atoms with Gasteiger partial charge in [-0.05, 0) is 13.3 Å². The van der Waals surface area contributed by atoms with Gasteiger partial charge in [-0.1, -0.05) is 96.8 Å². The van der Waals surface area contributed by atoms with Gasteiger partial charge >= 0.3 is 0 Å². The van der Waals surface area contributed by atoms with Gasteiger partial charge in [0.25, 0.3) is 0 Å². The third-order valence-corrected chi connectivity index (χ3v) is 5.92. The Balaban J connectivity index is 3.15. The summed E-state index contributed by atoms with van der Waals surface area (Å²) in [6.07, 6.45) is 21.1. The van der Waals surface area contributed by atoms with Crippen LogP contribution in [-0.2, 0) is 23.8 Å². The van der Waals surface area contributed by atoms with Crippen LogP contribution in [0.4, 0.5) is 0 Å². The molecule has 0 heterocycles. The molecule has 0 fully saturated rings. The number of carbonyl (C=O) groups is 2. The van der Waals surface area contributed by atoms with E-state index in [0.717, 1.165) is 12.8 Å². The van der Waals surface area contributed by atoms with Crippen LogP contribution >= 0.6 is 0 Å². The fourth-order valence-electron chi connectivity index (χ4n) is 3.77. The maximum Gasteiger partial charge on any atom is 0.220 e. The summed E-state index contributed by atoms with van der Waals surface area (Å²) in [7, 11) is 0. The maximum atomic E-state index is 11.9. The van der Waals surface area contributed by atoms with Crippen molar-refractivity contribution < 1.29 is 23.8 Å². The predicted molar refractivity (Wildman–Crippen MR) is 140 cm³/mol. The molecule has 0 aromatic carbocycles. The first-order valence-electron chi connectivity index (χ1n) is 14.2. The topological polar surface area (TPSA) is 73.9 Å². The Morgan fingerprint density at radius 2 is 0.941 bits per heavy atom. The number of hydrogen-bond acceptors (Lipinski definition) is 5. The van der Waals surface area contributed by atoms with Crippen LogP contribution in [0.3, 0.4) is 0 Å². The molecule has 6 heteroatoms. The van der Waals surface area contributed by atoms with E-state index < -0.39 is 0 Å². The monoisotopic (exact) mass is 485 g/mol. The normalized spacial score (nSPS) is 11.1. The highest BCUT2D eigenvalue weighted by atomic mass is 16.5. The van der Waals surface area contributed by atoms with E-state index in [1.165, 1.54) is 83.5 Å². The zero-order valence-electron chi connectivity index (χ0n) is 22.5. The molecule has 0 rings (SSSR count). The number of carbonyl (C=O) groups excluding carboxylic acids is 2. The molecule has 0 aliphatic carbocycles. The molecular weight excluding hydrogens is 430 g/mol. The van der Waals surface area contributed by atoms with E-state index in [2.05, 4.69) is 12.2 Å². The first-order valence-corrected chi connectivity index (χ1v) is 14.2. The first-order chi connectivity index (χ1) is 16.7. The van der Waals surface area contributed by atoms with Gasteiger partial charge in [-0.2, -0.15) is 0 Å². The molecule has 0 saturated heterocycles. The Hall–Kier alpha value is -0.980. The molecule has 0 aromatic rings. The third-order valence-electron chi connectivity index (χ3n) is 5.92. The Morgan fingerprint density at radius 1 is 0.529 bits per heavy atom. The Kier molecular flexibility index (Phi) is 27.4. The summed E-state index contributed by atoms with van der Waals surface area (Å²) in [5.74, 6) is 0.258. The van der Waals surface area contributed by atoms with Crippen LogP contribution in [0.5, 0.6) is 0 Å². The van der Waals surface area contributed by atoms with Crippen molar-refractivity contribution in [2.75, 3.05) is 46.2 Å². The lowest BCUT2D eigenvalue weighted by Gasteiger charge is -2.08. The summed E-state index contributed by atoms with van der Waals surface area (Å²) < 4.78 is 16.1. The van der Waals surface area contributed by atoms with Crippen molar-refractivity contribution in [1.29, 1.82) is 0 Å². The van der Waals surface area contributed by atoms with Crippen molar-refractivity contribution in [3.8, 4) is 0 Å². The molecule has 1 N–H and O–H groups in total. The Morgan fingerprint density at radius 3 is 1.41 bits per heavy atom. The van der Waals surface area contributed by atoms with E-state index in [1.54, 1.807) is 6.92 Å². The summed E-state index contributed by atoms with van der Waals surface area (Å²) in [5.41, 5.74) is 0. The molecule has 0 aliphatic heterocycles. The number of hydrogen-bond donors (Lipinski definition) is 1. The summed E-state index contributed by atoms with van der Waals surface area (Å²) in [6.45, 7) is 7.33. The largest absolute Gasteiger partial charge is 0.379 e. The molecule has 202 valence electrons. The highest BCUT2D eigenvalue weighted by Crippen LogP contribution is 2.13. The summed E-state index contributed by atoms with van der Waals surface area (Å²) in [4.78, 5) is 22.6. The van der Waals surface area contributed by atoms with Crippen molar-refractivity contribution >= 4 is 11.7 Å². The average Bonchev–Trinajstić information content (AvgIpc) is 2.82. The second-order valence-corrected chi connectivity index (χ2v) is 9.34. The zero-order valence-corrected chi connectivity index (χ0v) is 22.5. The van der Waals surface area contributed by atoms with Gasteiger partial charge in [-0.3, -0.25) is 9.59 Å². The molecule has 0 saturated carbocycles. The van der Waals surface area contributed by atoms with Gasteiger partial charge in [0, 0.05) is 19.4 Å². The Labute approximate surface area is 210 Å². The molecule has 1 amide bonds. The van der Waals surface area contributed by atoms with E-state index in [9.17, 15) is 9.59 Å². The summed E-state index contributed by atoms with van der Waals surface area (Å²) in [6, 6.07) is 0. The standard InChI is InChI=1S/C28H55NO5/c1-3-4-5-6-7-8-9-10-11-12-13-14-15-16-17-18-28(31)29-20-22-33-24-26-34-25-23-32-21-19-27(2)30/h3-26H2,1-2H3,(H,29,31). The number of ketones is 1. The highest BCUT2D eigenvalue weighted by molar-refractivity contribution is 5.75. The van der Waals surface area contributed by atoms with E-state index in [1.807, 2.05) is 0 Å². The van der Waals surface area contributed by atoms with Crippen molar-refractivity contribution in [1.82, 2.24) is 5.32 Å². The van der Waals surface area contributed by atoms with Crippen LogP contribution in [0.1, 0.15) is 123 Å². The van der Waals surface area contributed by atoms with Gasteiger partial charge in [-0.15, -0.1) is 0 Å². The molecule has 0 spiro atoms. The SMILES string of the molecule is CCCCCCCCCCCCCCCCCC(=O)NCCOCCOCCOCCC(C)=O. The van der Waals surface area contributed by atoms with E-state index in [4.69, 9.17) is 14.2 Å². The zero-order chi connectivity index (χ0) is 25.0. The van der Waals surface area contributed by atoms with Gasteiger partial charge < -0.3 is 19.5 Å². The Bertz CT molecular complexity index is 445. The first kappa shape index (κ1) is 33.0. The predicted octanol–water partition coefficient (Wildman–Crippen LogP) is 6.39. The van der Waals surface area contributed by atoms with Gasteiger partial charge in [0.05, 0.1) is 39.6 Å². The number of ether oxygens (including phenoxy) is 3. The van der Waals surface area contributed by atoms with Crippen LogP contribution in [0.15, 0.2) is 0 Å². The minimum Gasteiger partial charge on any atom is -0.379 e. The second-order valence-electron chi connectivity index (χ2n) is 9.34. The van der Waals surface area contributed by atoms with Crippen molar-refractivity contribution in [2.24, 2.45) is 0 Å². The van der Waals surface area contributed by atoms with Gasteiger partial charge in [0.2, 0.25) is 5.91 Å². The van der Waals surface area contributed by atoms with Gasteiger partial charge in [0.1, 0.15) is 5.78 Å². The fourth-order valence-corrected chi connectivity index (χ4v) is 3.77. The number of Topliss-reactive ketones (excluding diaryl/α,β-unsaturated/α-hetero) is 1. The number of amides is 1. The molecule has 0 unspecified atom stereocenters. The summed E-state index contributed by atoms with van der Waals surface area (Å²) in [5, 5.41) is 2.91. The average molecular weight is 486 g/mol. The van der Waals surface area contributed by atoms with Crippen molar-refractivity contribution in [3.05, 3.63) is 0 Å². The van der Waals surface area contributed by atoms with Crippen molar-refractivity contribution in [2.45, 2.75) is 123 Å². The quantitative estimate of drug-likeness (QED) is 0.130. The van der Waals surface area contributed by atoms with E-state index in [0.29, 0.717) is 59.0 Å². The molecular formula is C28H55NO5. The van der Waals surface area contributed by atoms with Gasteiger partial charge in [-0.25, -0.2) is 0 Å². The second kappa shape index (κ2) is 28.3. The summed E-state index contributed by atoms with van der Waals surface area (Å²) >= 11 is 0. The third kappa shape index (κ3) is 29.1. The number of unbranched alkanes of at least 4 members (excludes halogenated alkanes) is 14. The molecule has 0 bridgehead atoms. The lowest BCUT2D eigenvalue weighted by atomic mass is 10.0. The van der Waals surface area contributed by atoms with Crippen molar-refractivity contribution in [3.63, 3.8) is 0 Å². The highest BCUT2D eigenvalue weighted by Gasteiger charge is 2.01. The molecule has 34 heavy (non-hydrogen) atoms. The van der Waals surface area contributed by atoms with Crippen LogP contribution in [-0.4, -0.2) is 57.9 Å². The molecule has 0 aromatic heterocycles. The van der Waals surface area contributed by atoms with E-state index >= 15 is 0 Å². The van der Waals surface area contributed by atoms with E-state index in [-0.39, 0.29) is 11.7 Å². The van der Waals surface area contributed by atoms with Crippen LogP contribution in [0.2, 0.25) is 0 Å². The molecule has 0 radical (unpaired) electrons.